The van der Waals surface area contributed by atoms with E-state index in [-0.39, 0.29) is 0 Å². The average molecular weight is 276 g/mol. The fourth-order valence-electron chi connectivity index (χ4n) is 2.55. The Bertz CT molecular complexity index is 666. The summed E-state index contributed by atoms with van der Waals surface area (Å²) in [6.07, 6.45) is 5.45. The zero-order valence-electron chi connectivity index (χ0n) is 12.3. The standard InChI is InChI=1S/C19H20N2/c1-2-3-6-15-7-4-5-8-18(15)16-9-11-17(12-10-16)19-20-13-14-21-19/h3-12H,2,13-14H2,1H3,(H,20,21)/b6-3+. The quantitative estimate of drug-likeness (QED) is 0.892. The number of allylic oxidation sites excluding steroid dienone is 1. The van der Waals surface area contributed by atoms with E-state index >= 15 is 0 Å². The lowest BCUT2D eigenvalue weighted by Crippen LogP contribution is -2.19. The maximum Gasteiger partial charge on any atom is 0.128 e. The van der Waals surface area contributed by atoms with Crippen LogP contribution in [0.3, 0.4) is 0 Å². The molecular formula is C19H20N2. The molecule has 0 unspecified atom stereocenters. The summed E-state index contributed by atoms with van der Waals surface area (Å²) in [6.45, 7) is 3.98. The van der Waals surface area contributed by atoms with Gasteiger partial charge >= 0.3 is 0 Å². The highest BCUT2D eigenvalue weighted by atomic mass is 15.1. The van der Waals surface area contributed by atoms with Gasteiger partial charge in [-0.15, -0.1) is 0 Å². The van der Waals surface area contributed by atoms with Crippen molar-refractivity contribution >= 4 is 11.9 Å². The summed E-state index contributed by atoms with van der Waals surface area (Å²) >= 11 is 0. The predicted molar refractivity (Wildman–Crippen MR) is 90.6 cm³/mol. The molecule has 2 aromatic rings. The van der Waals surface area contributed by atoms with Crippen molar-refractivity contribution in [1.82, 2.24) is 5.32 Å². The van der Waals surface area contributed by atoms with E-state index in [0.29, 0.717) is 0 Å². The molecule has 0 saturated carbocycles. The molecule has 0 radical (unpaired) electrons. The summed E-state index contributed by atoms with van der Waals surface area (Å²) in [6, 6.07) is 17.2. The molecule has 0 amide bonds. The molecule has 0 bridgehead atoms. The van der Waals surface area contributed by atoms with E-state index < -0.39 is 0 Å². The van der Waals surface area contributed by atoms with Crippen LogP contribution in [0.15, 0.2) is 59.6 Å². The average Bonchev–Trinajstić information content (AvgIpc) is 3.08. The Morgan fingerprint density at radius 2 is 1.81 bits per heavy atom. The maximum absolute atomic E-state index is 4.46. The van der Waals surface area contributed by atoms with E-state index in [0.717, 1.165) is 30.9 Å². The molecule has 3 rings (SSSR count). The van der Waals surface area contributed by atoms with Gasteiger partial charge in [-0.05, 0) is 23.1 Å². The van der Waals surface area contributed by atoms with Crippen LogP contribution in [0, 0.1) is 0 Å². The first-order valence-electron chi connectivity index (χ1n) is 7.53. The van der Waals surface area contributed by atoms with E-state index in [4.69, 9.17) is 0 Å². The third-order valence-corrected chi connectivity index (χ3v) is 3.64. The van der Waals surface area contributed by atoms with Crippen molar-refractivity contribution < 1.29 is 0 Å². The van der Waals surface area contributed by atoms with Crippen molar-refractivity contribution in [3.05, 3.63) is 65.7 Å². The molecule has 1 aliphatic rings. The Hall–Kier alpha value is -2.35. The number of nitrogens with zero attached hydrogens (tertiary/aromatic N) is 1. The van der Waals surface area contributed by atoms with E-state index in [1.165, 1.54) is 16.7 Å². The van der Waals surface area contributed by atoms with Crippen molar-refractivity contribution in [3.63, 3.8) is 0 Å². The van der Waals surface area contributed by atoms with Gasteiger partial charge in [-0.3, -0.25) is 4.99 Å². The van der Waals surface area contributed by atoms with Gasteiger partial charge in [-0.25, -0.2) is 0 Å². The lowest BCUT2D eigenvalue weighted by Gasteiger charge is -2.08. The molecule has 106 valence electrons. The topological polar surface area (TPSA) is 24.4 Å². The molecule has 1 N–H and O–H groups in total. The van der Waals surface area contributed by atoms with E-state index in [1.807, 2.05) is 0 Å². The van der Waals surface area contributed by atoms with Crippen LogP contribution >= 0.6 is 0 Å². The minimum atomic E-state index is 0.877. The first kappa shape index (κ1) is 13.6. The smallest absolute Gasteiger partial charge is 0.128 e. The fourth-order valence-corrected chi connectivity index (χ4v) is 2.55. The van der Waals surface area contributed by atoms with E-state index in [2.05, 4.69) is 77.9 Å². The van der Waals surface area contributed by atoms with E-state index in [1.54, 1.807) is 0 Å². The Morgan fingerprint density at radius 3 is 2.52 bits per heavy atom. The van der Waals surface area contributed by atoms with E-state index in [9.17, 15) is 0 Å². The Balaban J connectivity index is 1.92. The van der Waals surface area contributed by atoms with Gasteiger partial charge < -0.3 is 5.32 Å². The molecule has 1 aliphatic heterocycles. The molecule has 0 saturated heterocycles. The van der Waals surface area contributed by atoms with Crippen LogP contribution in [0.4, 0.5) is 0 Å². The molecule has 0 aliphatic carbocycles. The van der Waals surface area contributed by atoms with Gasteiger partial charge in [0, 0.05) is 12.1 Å². The Labute approximate surface area is 126 Å². The summed E-state index contributed by atoms with van der Waals surface area (Å²) in [4.78, 5) is 4.46. The summed E-state index contributed by atoms with van der Waals surface area (Å²) in [7, 11) is 0. The minimum absolute atomic E-state index is 0.877. The maximum atomic E-state index is 4.46. The van der Waals surface area contributed by atoms with Gasteiger partial charge in [0.1, 0.15) is 5.84 Å². The van der Waals surface area contributed by atoms with Gasteiger partial charge in [0.05, 0.1) is 6.54 Å². The number of aliphatic imine (C=N–C) groups is 1. The molecular weight excluding hydrogens is 256 g/mol. The molecule has 0 aromatic heterocycles. The third kappa shape index (κ3) is 3.05. The summed E-state index contributed by atoms with van der Waals surface area (Å²) < 4.78 is 0. The SMILES string of the molecule is CC/C=C/c1ccccc1-c1ccc(C2=NCCN2)cc1. The van der Waals surface area contributed by atoms with Crippen molar-refractivity contribution in [2.75, 3.05) is 13.1 Å². The molecule has 0 spiro atoms. The lowest BCUT2D eigenvalue weighted by molar-refractivity contribution is 0.960. The van der Waals surface area contributed by atoms with Gasteiger partial charge in [0.2, 0.25) is 0 Å². The third-order valence-electron chi connectivity index (χ3n) is 3.64. The Kier molecular flexibility index (Phi) is 4.15. The van der Waals surface area contributed by atoms with Crippen molar-refractivity contribution in [1.29, 1.82) is 0 Å². The number of amidine groups is 1. The second-order valence-electron chi connectivity index (χ2n) is 5.13. The van der Waals surface area contributed by atoms with Crippen molar-refractivity contribution in [2.24, 2.45) is 4.99 Å². The summed E-state index contributed by atoms with van der Waals surface area (Å²) in [5, 5.41) is 3.31. The first-order valence-corrected chi connectivity index (χ1v) is 7.53. The van der Waals surface area contributed by atoms with Crippen LogP contribution in [0.25, 0.3) is 17.2 Å². The van der Waals surface area contributed by atoms with Gasteiger partial charge in [-0.2, -0.15) is 0 Å². The molecule has 2 nitrogen and oxygen atoms in total. The lowest BCUT2D eigenvalue weighted by atomic mass is 9.98. The molecule has 0 fully saturated rings. The van der Waals surface area contributed by atoms with Crippen LogP contribution in [-0.2, 0) is 0 Å². The Morgan fingerprint density at radius 1 is 1.05 bits per heavy atom. The van der Waals surface area contributed by atoms with Crippen LogP contribution in [0.2, 0.25) is 0 Å². The summed E-state index contributed by atoms with van der Waals surface area (Å²) in [5.74, 6) is 1.01. The highest BCUT2D eigenvalue weighted by molar-refractivity contribution is 6.00. The van der Waals surface area contributed by atoms with Crippen LogP contribution in [0.1, 0.15) is 24.5 Å². The predicted octanol–water partition coefficient (Wildman–Crippen LogP) is 4.13. The van der Waals surface area contributed by atoms with Gasteiger partial charge in [0.15, 0.2) is 0 Å². The van der Waals surface area contributed by atoms with Gasteiger partial charge in [-0.1, -0.05) is 67.6 Å². The van der Waals surface area contributed by atoms with Crippen molar-refractivity contribution in [2.45, 2.75) is 13.3 Å². The summed E-state index contributed by atoms with van der Waals surface area (Å²) in [5.41, 5.74) is 4.95. The second kappa shape index (κ2) is 6.40. The molecule has 21 heavy (non-hydrogen) atoms. The highest BCUT2D eigenvalue weighted by Gasteiger charge is 2.08. The largest absolute Gasteiger partial charge is 0.368 e. The molecule has 0 atom stereocenters. The zero-order valence-corrected chi connectivity index (χ0v) is 12.3. The van der Waals surface area contributed by atoms with Crippen molar-refractivity contribution in [3.8, 4) is 11.1 Å². The number of hydrogen-bond acceptors (Lipinski definition) is 2. The molecule has 2 aromatic carbocycles. The highest BCUT2D eigenvalue weighted by Crippen LogP contribution is 2.25. The number of rotatable bonds is 4. The van der Waals surface area contributed by atoms with Crippen LogP contribution in [-0.4, -0.2) is 18.9 Å². The van der Waals surface area contributed by atoms with Gasteiger partial charge in [0.25, 0.3) is 0 Å². The molecule has 1 heterocycles. The molecule has 2 heteroatoms. The van der Waals surface area contributed by atoms with Crippen LogP contribution < -0.4 is 5.32 Å². The monoisotopic (exact) mass is 276 g/mol. The second-order valence-corrected chi connectivity index (χ2v) is 5.13. The number of nitrogens with one attached hydrogen (secondary N) is 1. The normalized spacial score (nSPS) is 14.2. The number of benzene rings is 2. The zero-order chi connectivity index (χ0) is 14.5. The minimum Gasteiger partial charge on any atom is -0.368 e. The fraction of sp³-hybridized carbons (Fsp3) is 0.211. The first-order chi connectivity index (χ1) is 10.4. The van der Waals surface area contributed by atoms with Crippen LogP contribution in [0.5, 0.6) is 0 Å². The number of hydrogen-bond donors (Lipinski definition) is 1.